The molecule has 0 aliphatic carbocycles. The average molecular weight is 673 g/mol. The van der Waals surface area contributed by atoms with E-state index in [4.69, 9.17) is 51.1 Å². The number of anilines is 1. The molecule has 1 fully saturated rings. The molecule has 0 spiro atoms. The van der Waals surface area contributed by atoms with Crippen molar-refractivity contribution >= 4 is 119 Å². The molecule has 1 aliphatic rings. The van der Waals surface area contributed by atoms with Crippen LogP contribution in [0.4, 0.5) is 5.69 Å². The van der Waals surface area contributed by atoms with Gasteiger partial charge in [0.1, 0.15) is 15.5 Å². The van der Waals surface area contributed by atoms with E-state index in [1.807, 2.05) is 29.2 Å². The van der Waals surface area contributed by atoms with Crippen molar-refractivity contribution < 1.29 is 14.3 Å². The minimum atomic E-state index is -0.514. The summed E-state index contributed by atoms with van der Waals surface area (Å²) in [6.45, 7) is 2.46. The number of benzene rings is 3. The molecule has 0 N–H and O–H groups in total. The van der Waals surface area contributed by atoms with Crippen LogP contribution in [-0.2, 0) is 0 Å². The molecule has 12 heteroatoms. The normalized spacial score (nSPS) is 13.5. The molecule has 0 atom stereocenters. The number of ether oxygens (including phenoxy) is 1. The van der Waals surface area contributed by atoms with Crippen molar-refractivity contribution in [2.75, 3.05) is 31.1 Å². The third-order valence-electron chi connectivity index (χ3n) is 6.54. The Kier molecular flexibility index (Phi) is 8.74. The summed E-state index contributed by atoms with van der Waals surface area (Å²) in [5.74, 6) is -0.163. The van der Waals surface area contributed by atoms with E-state index in [-0.39, 0.29) is 18.3 Å². The first-order chi connectivity index (χ1) is 18.8. The minimum absolute atomic E-state index is 0. The van der Waals surface area contributed by atoms with Gasteiger partial charge in [0.05, 0.1) is 10.0 Å². The molecule has 5 nitrogen and oxygen atoms in total. The Balaban J connectivity index is 0.00000323. The molecule has 3 aromatic carbocycles. The number of hydrogen-bond acceptors (Lipinski definition) is 6. The summed E-state index contributed by atoms with van der Waals surface area (Å²) in [5, 5.41) is 3.64. The Morgan fingerprint density at radius 2 is 1.23 bits per heavy atom. The highest BCUT2D eigenvalue weighted by Gasteiger charge is 2.26. The lowest BCUT2D eigenvalue weighted by Gasteiger charge is -2.36. The second-order valence-corrected chi connectivity index (χ2v) is 12.7. The van der Waals surface area contributed by atoms with E-state index in [1.165, 1.54) is 22.7 Å². The van der Waals surface area contributed by atoms with Gasteiger partial charge in [-0.05, 0) is 48.5 Å². The molecule has 206 valence electrons. The second-order valence-electron chi connectivity index (χ2n) is 8.93. The quantitative estimate of drug-likeness (QED) is 0.141. The smallest absolute Gasteiger partial charge is 0.355 e. The third kappa shape index (κ3) is 5.61. The van der Waals surface area contributed by atoms with Crippen LogP contribution in [0.2, 0.25) is 20.1 Å². The molecule has 0 unspecified atom stereocenters. The van der Waals surface area contributed by atoms with E-state index in [1.54, 1.807) is 36.4 Å². The van der Waals surface area contributed by atoms with Crippen molar-refractivity contribution in [3.63, 3.8) is 0 Å². The molecule has 1 aliphatic heterocycles. The fourth-order valence-corrected chi connectivity index (χ4v) is 7.95. The predicted octanol–water partition coefficient (Wildman–Crippen LogP) is 9.33. The van der Waals surface area contributed by atoms with Gasteiger partial charge in [-0.25, -0.2) is 4.79 Å². The predicted molar refractivity (Wildman–Crippen MR) is 170 cm³/mol. The molecule has 6 rings (SSSR count). The molecule has 40 heavy (non-hydrogen) atoms. The summed E-state index contributed by atoms with van der Waals surface area (Å²) in [7, 11) is 0. The summed E-state index contributed by atoms with van der Waals surface area (Å²) < 4.78 is 7.31. The van der Waals surface area contributed by atoms with Crippen LogP contribution in [0.5, 0.6) is 5.75 Å². The molecule has 0 saturated carbocycles. The number of amides is 1. The van der Waals surface area contributed by atoms with Crippen LogP contribution in [0, 0.1) is 0 Å². The summed E-state index contributed by atoms with van der Waals surface area (Å²) in [5.41, 5.74) is 0.978. The zero-order chi connectivity index (χ0) is 27.3. The molecule has 5 aromatic rings. The van der Waals surface area contributed by atoms with E-state index in [0.29, 0.717) is 61.8 Å². The van der Waals surface area contributed by atoms with Crippen LogP contribution >= 0.6 is 81.5 Å². The zero-order valence-corrected chi connectivity index (χ0v) is 25.9. The molecule has 3 heterocycles. The van der Waals surface area contributed by atoms with Crippen molar-refractivity contribution in [3.05, 3.63) is 90.5 Å². The molecular formula is C28H19Cl5N2O3S2. The first-order valence-corrected chi connectivity index (χ1v) is 15.0. The van der Waals surface area contributed by atoms with Crippen LogP contribution in [-0.4, -0.2) is 43.0 Å². The maximum absolute atomic E-state index is 13.2. The van der Waals surface area contributed by atoms with Gasteiger partial charge in [-0.1, -0.05) is 58.5 Å². The maximum atomic E-state index is 13.2. The highest BCUT2D eigenvalue weighted by molar-refractivity contribution is 7.22. The van der Waals surface area contributed by atoms with Crippen LogP contribution in [0.1, 0.15) is 19.3 Å². The van der Waals surface area contributed by atoms with Gasteiger partial charge >= 0.3 is 5.97 Å². The van der Waals surface area contributed by atoms with E-state index < -0.39 is 5.97 Å². The zero-order valence-electron chi connectivity index (χ0n) is 20.5. The largest absolute Gasteiger partial charge is 0.422 e. The number of piperazine rings is 1. The highest BCUT2D eigenvalue weighted by Crippen LogP contribution is 2.39. The maximum Gasteiger partial charge on any atom is 0.355 e. The Hall–Kier alpha value is -2.23. The SMILES string of the molecule is Cl.O=C(Oc1ccc(N2CCN(C(=O)c3sc4cc(Cl)ccc4c3Cl)CC2)cc1)c1sc2cc(Cl)ccc2c1Cl. The highest BCUT2D eigenvalue weighted by atomic mass is 35.5. The Morgan fingerprint density at radius 3 is 1.80 bits per heavy atom. The van der Waals surface area contributed by atoms with Gasteiger partial charge < -0.3 is 14.5 Å². The van der Waals surface area contributed by atoms with Crippen LogP contribution < -0.4 is 9.64 Å². The lowest BCUT2D eigenvalue weighted by molar-refractivity contribution is 0.0736. The van der Waals surface area contributed by atoms with Crippen LogP contribution in [0.15, 0.2) is 60.7 Å². The van der Waals surface area contributed by atoms with Crippen molar-refractivity contribution in [2.45, 2.75) is 0 Å². The molecule has 2 aromatic heterocycles. The second kappa shape index (κ2) is 11.9. The van der Waals surface area contributed by atoms with Gasteiger partial charge in [0.15, 0.2) is 0 Å². The van der Waals surface area contributed by atoms with Crippen LogP contribution in [0.3, 0.4) is 0 Å². The first kappa shape index (κ1) is 29.3. The number of thiophene rings is 2. The Labute approximate surface area is 264 Å². The van der Waals surface area contributed by atoms with Gasteiger partial charge in [0.2, 0.25) is 0 Å². The van der Waals surface area contributed by atoms with E-state index in [2.05, 4.69) is 4.90 Å². The fourth-order valence-electron chi connectivity index (χ4n) is 4.54. The number of halogens is 5. The summed E-state index contributed by atoms with van der Waals surface area (Å²) >= 11 is 27.7. The van der Waals surface area contributed by atoms with Gasteiger partial charge in [-0.3, -0.25) is 4.79 Å². The first-order valence-electron chi connectivity index (χ1n) is 11.9. The lowest BCUT2D eigenvalue weighted by Crippen LogP contribution is -2.48. The number of hydrogen-bond donors (Lipinski definition) is 0. The van der Waals surface area contributed by atoms with Gasteiger partial charge in [-0.15, -0.1) is 35.1 Å². The molecule has 0 radical (unpaired) electrons. The Bertz CT molecular complexity index is 1740. The van der Waals surface area contributed by atoms with E-state index in [9.17, 15) is 9.59 Å². The van der Waals surface area contributed by atoms with Crippen LogP contribution in [0.25, 0.3) is 20.2 Å². The average Bonchev–Trinajstić information content (AvgIpc) is 3.44. The van der Waals surface area contributed by atoms with Crippen molar-refractivity contribution in [3.8, 4) is 5.75 Å². The minimum Gasteiger partial charge on any atom is -0.422 e. The van der Waals surface area contributed by atoms with Crippen molar-refractivity contribution in [2.24, 2.45) is 0 Å². The summed E-state index contributed by atoms with van der Waals surface area (Å²) in [6, 6.07) is 18.1. The number of esters is 1. The Morgan fingerprint density at radius 1 is 0.700 bits per heavy atom. The van der Waals surface area contributed by atoms with Gasteiger partial charge in [0.25, 0.3) is 5.91 Å². The number of carbonyl (C=O) groups is 2. The monoisotopic (exact) mass is 670 g/mol. The number of rotatable bonds is 4. The van der Waals surface area contributed by atoms with E-state index in [0.717, 1.165) is 25.9 Å². The summed E-state index contributed by atoms with van der Waals surface area (Å²) in [6.07, 6.45) is 0. The standard InChI is InChI=1S/C28H18Cl4N2O3S2.ClH/c29-15-1-7-19-21(13-15)38-25(23(19)31)27(35)34-11-9-33(10-12-34)17-3-5-18(6-4-17)37-28(36)26-24(32)20-8-2-16(30)14-22(20)39-26;/h1-8,13-14H,9-12H2;1H. The van der Waals surface area contributed by atoms with Gasteiger partial charge in [0, 0.05) is 62.1 Å². The fraction of sp³-hybridized carbons (Fsp3) is 0.143. The third-order valence-corrected chi connectivity index (χ3v) is 10.3. The number of fused-ring (bicyclic) bond motifs is 2. The number of carbonyl (C=O) groups excluding carboxylic acids is 2. The van der Waals surface area contributed by atoms with Gasteiger partial charge in [-0.2, -0.15) is 0 Å². The molecule has 1 saturated heterocycles. The lowest BCUT2D eigenvalue weighted by atomic mass is 10.2. The van der Waals surface area contributed by atoms with E-state index >= 15 is 0 Å². The summed E-state index contributed by atoms with van der Waals surface area (Å²) in [4.78, 5) is 30.9. The molecule has 1 amide bonds. The molecule has 0 bridgehead atoms. The van der Waals surface area contributed by atoms with Crippen molar-refractivity contribution in [1.82, 2.24) is 4.90 Å². The van der Waals surface area contributed by atoms with Crippen molar-refractivity contribution in [1.29, 1.82) is 0 Å². The number of nitrogens with zero attached hydrogens (tertiary/aromatic N) is 2. The topological polar surface area (TPSA) is 49.9 Å². The molecular weight excluding hydrogens is 654 g/mol.